The standard InChI is InChI=1S/C9H10N4OS/c1-5(14)12-7-3-6(15-2)8-9(13-7)11-4-10-8/h3-4,8H,1-2H3,(H,10,11,12,13,14). The van der Waals surface area contributed by atoms with Gasteiger partial charge in [-0.15, -0.1) is 11.8 Å². The lowest BCUT2D eigenvalue weighted by Gasteiger charge is -2.16. The summed E-state index contributed by atoms with van der Waals surface area (Å²) in [6.07, 6.45) is 5.30. The number of amidine groups is 2. The van der Waals surface area contributed by atoms with Crippen molar-refractivity contribution in [2.45, 2.75) is 13.0 Å². The molecule has 1 N–H and O–H groups in total. The summed E-state index contributed by atoms with van der Waals surface area (Å²) in [5.41, 5.74) is 0. The minimum absolute atomic E-state index is 0.0718. The van der Waals surface area contributed by atoms with Crippen LogP contribution in [-0.2, 0) is 4.79 Å². The number of dihydropyridines is 1. The lowest BCUT2D eigenvalue weighted by molar-refractivity contribution is -0.117. The summed E-state index contributed by atoms with van der Waals surface area (Å²) in [7, 11) is 0. The van der Waals surface area contributed by atoms with Gasteiger partial charge in [0.05, 0.1) is 0 Å². The van der Waals surface area contributed by atoms with E-state index in [2.05, 4.69) is 20.3 Å². The van der Waals surface area contributed by atoms with E-state index in [1.807, 2.05) is 12.3 Å². The predicted octanol–water partition coefficient (Wildman–Crippen LogP) is 0.590. The third-order valence-electron chi connectivity index (χ3n) is 1.97. The van der Waals surface area contributed by atoms with Gasteiger partial charge in [-0.1, -0.05) is 0 Å². The maximum atomic E-state index is 10.9. The maximum absolute atomic E-state index is 10.9. The Hall–Kier alpha value is -1.43. The van der Waals surface area contributed by atoms with Crippen LogP contribution in [0.5, 0.6) is 0 Å². The fraction of sp³-hybridized carbons (Fsp3) is 0.333. The van der Waals surface area contributed by atoms with Crippen molar-refractivity contribution >= 4 is 35.7 Å². The van der Waals surface area contributed by atoms with E-state index in [1.54, 1.807) is 11.8 Å². The first-order valence-corrected chi connectivity index (χ1v) is 5.64. The summed E-state index contributed by atoms with van der Waals surface area (Å²) in [4.78, 5) is 24.4. The minimum atomic E-state index is -0.136. The Morgan fingerprint density at radius 3 is 3.07 bits per heavy atom. The molecular weight excluding hydrogens is 212 g/mol. The van der Waals surface area contributed by atoms with Gasteiger partial charge in [-0.3, -0.25) is 9.79 Å². The first kappa shape index (κ1) is 10.1. The zero-order chi connectivity index (χ0) is 10.8. The lowest BCUT2D eigenvalue weighted by Crippen LogP contribution is -2.32. The van der Waals surface area contributed by atoms with Crippen molar-refractivity contribution in [1.29, 1.82) is 0 Å². The molecule has 2 aliphatic heterocycles. The molecule has 2 aliphatic rings. The molecule has 0 aromatic carbocycles. The molecule has 2 rings (SSSR count). The van der Waals surface area contributed by atoms with E-state index in [0.717, 1.165) is 4.91 Å². The van der Waals surface area contributed by atoms with E-state index < -0.39 is 0 Å². The van der Waals surface area contributed by atoms with Gasteiger partial charge in [0.25, 0.3) is 0 Å². The molecule has 2 heterocycles. The average molecular weight is 222 g/mol. The number of rotatable bonds is 1. The van der Waals surface area contributed by atoms with E-state index in [1.165, 1.54) is 13.3 Å². The molecule has 0 radical (unpaired) electrons. The molecule has 15 heavy (non-hydrogen) atoms. The Labute approximate surface area is 91.5 Å². The predicted molar refractivity (Wildman–Crippen MR) is 62.6 cm³/mol. The Morgan fingerprint density at radius 2 is 2.40 bits per heavy atom. The summed E-state index contributed by atoms with van der Waals surface area (Å²) in [5, 5.41) is 2.64. The molecule has 5 nitrogen and oxygen atoms in total. The van der Waals surface area contributed by atoms with Crippen LogP contribution in [-0.4, -0.2) is 36.2 Å². The van der Waals surface area contributed by atoms with E-state index in [9.17, 15) is 4.79 Å². The van der Waals surface area contributed by atoms with Crippen LogP contribution in [0.25, 0.3) is 0 Å². The highest BCUT2D eigenvalue weighted by Gasteiger charge is 2.26. The number of hydrogen-bond donors (Lipinski definition) is 1. The second-order valence-electron chi connectivity index (χ2n) is 3.08. The number of aliphatic imine (C=N–C) groups is 3. The van der Waals surface area contributed by atoms with Crippen LogP contribution in [0.1, 0.15) is 6.92 Å². The quantitative estimate of drug-likeness (QED) is 0.705. The topological polar surface area (TPSA) is 66.2 Å². The van der Waals surface area contributed by atoms with Gasteiger partial charge in [0.1, 0.15) is 18.2 Å². The second-order valence-corrected chi connectivity index (χ2v) is 3.96. The summed E-state index contributed by atoms with van der Waals surface area (Å²) in [5.74, 6) is 1.04. The molecule has 1 atom stereocenters. The molecular formula is C9H10N4OS. The Kier molecular flexibility index (Phi) is 2.68. The van der Waals surface area contributed by atoms with Crippen molar-refractivity contribution < 1.29 is 4.79 Å². The van der Waals surface area contributed by atoms with Gasteiger partial charge in [-0.2, -0.15) is 0 Å². The molecule has 0 aliphatic carbocycles. The van der Waals surface area contributed by atoms with E-state index >= 15 is 0 Å². The molecule has 1 amide bonds. The average Bonchev–Trinajstić information content (AvgIpc) is 2.63. The van der Waals surface area contributed by atoms with Gasteiger partial charge in [0.15, 0.2) is 5.84 Å². The zero-order valence-electron chi connectivity index (χ0n) is 8.39. The Balaban J connectivity index is 2.28. The first-order valence-electron chi connectivity index (χ1n) is 4.42. The molecule has 0 spiro atoms. The number of fused-ring (bicyclic) bond motifs is 1. The smallest absolute Gasteiger partial charge is 0.222 e. The first-order chi connectivity index (χ1) is 7.20. The van der Waals surface area contributed by atoms with Gasteiger partial charge in [0, 0.05) is 11.8 Å². The molecule has 1 unspecified atom stereocenters. The molecule has 6 heteroatoms. The highest BCUT2D eigenvalue weighted by Crippen LogP contribution is 2.25. The summed E-state index contributed by atoms with van der Waals surface area (Å²) >= 11 is 1.59. The van der Waals surface area contributed by atoms with Crippen molar-refractivity contribution in [2.75, 3.05) is 6.26 Å². The third-order valence-corrected chi connectivity index (χ3v) is 2.79. The molecule has 78 valence electrons. The van der Waals surface area contributed by atoms with Crippen molar-refractivity contribution in [3.63, 3.8) is 0 Å². The highest BCUT2D eigenvalue weighted by atomic mass is 32.2. The number of thioether (sulfide) groups is 1. The number of nitrogens with zero attached hydrogens (tertiary/aromatic N) is 3. The SMILES string of the molecule is CSC1=CC(NC(C)=O)=NC2=NC=NC12. The van der Waals surface area contributed by atoms with Crippen LogP contribution in [0.4, 0.5) is 0 Å². The van der Waals surface area contributed by atoms with Crippen LogP contribution in [0, 0.1) is 0 Å². The third kappa shape index (κ3) is 1.99. The van der Waals surface area contributed by atoms with Crippen molar-refractivity contribution in [3.8, 4) is 0 Å². The highest BCUT2D eigenvalue weighted by molar-refractivity contribution is 8.02. The molecule has 0 bridgehead atoms. The van der Waals surface area contributed by atoms with E-state index in [4.69, 9.17) is 0 Å². The molecule has 0 saturated heterocycles. The van der Waals surface area contributed by atoms with Crippen LogP contribution in [0.2, 0.25) is 0 Å². The van der Waals surface area contributed by atoms with Gasteiger partial charge < -0.3 is 5.32 Å². The van der Waals surface area contributed by atoms with Crippen molar-refractivity contribution in [2.24, 2.45) is 15.0 Å². The Morgan fingerprint density at radius 1 is 1.60 bits per heavy atom. The molecule has 0 aromatic heterocycles. The van der Waals surface area contributed by atoms with Crippen molar-refractivity contribution in [3.05, 3.63) is 11.0 Å². The zero-order valence-corrected chi connectivity index (χ0v) is 9.21. The lowest BCUT2D eigenvalue weighted by atomic mass is 10.2. The molecule has 0 saturated carbocycles. The maximum Gasteiger partial charge on any atom is 0.222 e. The fourth-order valence-electron chi connectivity index (χ4n) is 1.37. The van der Waals surface area contributed by atoms with E-state index in [-0.39, 0.29) is 11.9 Å². The molecule has 0 aromatic rings. The van der Waals surface area contributed by atoms with Gasteiger partial charge in [-0.05, 0) is 12.3 Å². The molecule has 0 fully saturated rings. The largest absolute Gasteiger partial charge is 0.311 e. The summed E-state index contributed by atoms with van der Waals surface area (Å²) in [6.45, 7) is 1.45. The summed E-state index contributed by atoms with van der Waals surface area (Å²) < 4.78 is 0. The Bertz CT molecular complexity index is 422. The van der Waals surface area contributed by atoms with E-state index in [0.29, 0.717) is 11.7 Å². The van der Waals surface area contributed by atoms with Gasteiger partial charge in [-0.25, -0.2) is 9.98 Å². The van der Waals surface area contributed by atoms with Gasteiger partial charge >= 0.3 is 0 Å². The number of carbonyl (C=O) groups excluding carboxylic acids is 1. The van der Waals surface area contributed by atoms with Crippen LogP contribution < -0.4 is 5.32 Å². The second kappa shape index (κ2) is 3.98. The summed E-state index contributed by atoms with van der Waals surface area (Å²) in [6, 6.07) is -0.0718. The van der Waals surface area contributed by atoms with Crippen LogP contribution in [0.15, 0.2) is 26.0 Å². The minimum Gasteiger partial charge on any atom is -0.311 e. The number of nitrogens with one attached hydrogen (secondary N) is 1. The number of amides is 1. The number of hydrogen-bond acceptors (Lipinski definition) is 5. The number of carbonyl (C=O) groups is 1. The van der Waals surface area contributed by atoms with Crippen LogP contribution >= 0.6 is 11.8 Å². The van der Waals surface area contributed by atoms with Crippen LogP contribution in [0.3, 0.4) is 0 Å². The van der Waals surface area contributed by atoms with Gasteiger partial charge in [0.2, 0.25) is 5.91 Å². The fourth-order valence-corrected chi connectivity index (χ4v) is 1.99. The monoisotopic (exact) mass is 222 g/mol. The normalized spacial score (nSPS) is 22.8. The van der Waals surface area contributed by atoms with Crippen molar-refractivity contribution in [1.82, 2.24) is 5.32 Å².